The van der Waals surface area contributed by atoms with Crippen molar-refractivity contribution in [3.8, 4) is 0 Å². The number of guanidine groups is 1. The van der Waals surface area contributed by atoms with Crippen LogP contribution >= 0.6 is 0 Å². The lowest BCUT2D eigenvalue weighted by molar-refractivity contribution is 0.203. The molecule has 2 N–H and O–H groups in total. The summed E-state index contributed by atoms with van der Waals surface area (Å²) in [6.07, 6.45) is 10.4. The number of aliphatic hydroxyl groups excluding tert-OH is 1. The molecule has 1 aliphatic carbocycles. The average molecular weight is 338 g/mol. The third-order valence-electron chi connectivity index (χ3n) is 5.83. The minimum absolute atomic E-state index is 0.274. The van der Waals surface area contributed by atoms with Gasteiger partial charge in [0.15, 0.2) is 5.96 Å². The number of hydrogen-bond acceptors (Lipinski definition) is 2. The van der Waals surface area contributed by atoms with Gasteiger partial charge in [0.05, 0.1) is 0 Å². The molecule has 0 aromatic carbocycles. The van der Waals surface area contributed by atoms with Crippen molar-refractivity contribution in [3.63, 3.8) is 0 Å². The van der Waals surface area contributed by atoms with E-state index in [1.54, 1.807) is 0 Å². The summed E-state index contributed by atoms with van der Waals surface area (Å²) in [6.45, 7) is 11.0. The molecule has 0 bridgehead atoms. The Balaban J connectivity index is 1.97. The minimum Gasteiger partial charge on any atom is -0.396 e. The van der Waals surface area contributed by atoms with Crippen LogP contribution in [0.4, 0.5) is 0 Å². The van der Waals surface area contributed by atoms with Gasteiger partial charge in [-0.15, -0.1) is 0 Å². The molecule has 2 rings (SSSR count). The molecular formula is C20H39N3O. The van der Waals surface area contributed by atoms with Crippen LogP contribution in [0.15, 0.2) is 4.99 Å². The van der Waals surface area contributed by atoms with Crippen LogP contribution in [0.5, 0.6) is 0 Å². The molecule has 0 aromatic heterocycles. The average Bonchev–Trinajstić information content (AvgIpc) is 2.95. The van der Waals surface area contributed by atoms with Gasteiger partial charge >= 0.3 is 0 Å². The SMILES string of the molecule is CCNC(=NCC(CCO)CC(C)C)N1CCC2(CCCCC2)C1. The third kappa shape index (κ3) is 5.65. The lowest BCUT2D eigenvalue weighted by Crippen LogP contribution is -2.42. The van der Waals surface area contributed by atoms with Gasteiger partial charge in [0.1, 0.15) is 0 Å². The van der Waals surface area contributed by atoms with E-state index >= 15 is 0 Å². The molecule has 2 fully saturated rings. The van der Waals surface area contributed by atoms with Crippen LogP contribution in [0.2, 0.25) is 0 Å². The van der Waals surface area contributed by atoms with E-state index in [9.17, 15) is 5.11 Å². The largest absolute Gasteiger partial charge is 0.396 e. The normalized spacial score (nSPS) is 22.4. The highest BCUT2D eigenvalue weighted by Crippen LogP contribution is 2.43. The number of hydrogen-bond donors (Lipinski definition) is 2. The number of nitrogens with one attached hydrogen (secondary N) is 1. The van der Waals surface area contributed by atoms with E-state index in [0.717, 1.165) is 38.4 Å². The zero-order valence-electron chi connectivity index (χ0n) is 16.2. The predicted octanol–water partition coefficient (Wildman–Crippen LogP) is 3.65. The second kappa shape index (κ2) is 9.65. The monoisotopic (exact) mass is 337 g/mol. The molecule has 2 aliphatic rings. The first kappa shape index (κ1) is 19.6. The van der Waals surface area contributed by atoms with Crippen LogP contribution in [0.25, 0.3) is 0 Å². The van der Waals surface area contributed by atoms with E-state index in [4.69, 9.17) is 4.99 Å². The molecule has 0 amide bonds. The van der Waals surface area contributed by atoms with Crippen LogP contribution < -0.4 is 5.32 Å². The molecule has 1 atom stereocenters. The van der Waals surface area contributed by atoms with Crippen molar-refractivity contribution in [2.45, 2.75) is 72.1 Å². The Morgan fingerprint density at radius 2 is 1.96 bits per heavy atom. The molecule has 0 aromatic rings. The van der Waals surface area contributed by atoms with Gasteiger partial charge in [-0.1, -0.05) is 33.1 Å². The van der Waals surface area contributed by atoms with Crippen molar-refractivity contribution in [2.24, 2.45) is 22.2 Å². The zero-order valence-corrected chi connectivity index (χ0v) is 16.2. The van der Waals surface area contributed by atoms with Gasteiger partial charge in [-0.25, -0.2) is 0 Å². The summed E-state index contributed by atoms with van der Waals surface area (Å²) in [6, 6.07) is 0. The van der Waals surface area contributed by atoms with E-state index in [0.29, 0.717) is 17.3 Å². The summed E-state index contributed by atoms with van der Waals surface area (Å²) < 4.78 is 0. The fraction of sp³-hybridized carbons (Fsp3) is 0.950. The molecule has 24 heavy (non-hydrogen) atoms. The lowest BCUT2D eigenvalue weighted by Gasteiger charge is -2.33. The van der Waals surface area contributed by atoms with Crippen molar-refractivity contribution in [1.82, 2.24) is 10.2 Å². The molecule has 4 nitrogen and oxygen atoms in total. The van der Waals surface area contributed by atoms with Crippen molar-refractivity contribution in [3.05, 3.63) is 0 Å². The maximum absolute atomic E-state index is 9.32. The zero-order chi connectivity index (χ0) is 17.4. The molecule has 1 aliphatic heterocycles. The summed E-state index contributed by atoms with van der Waals surface area (Å²) in [5.74, 6) is 2.26. The van der Waals surface area contributed by atoms with Gasteiger partial charge in [0.2, 0.25) is 0 Å². The number of aliphatic imine (C=N–C) groups is 1. The number of rotatable bonds is 7. The van der Waals surface area contributed by atoms with Crippen LogP contribution in [-0.4, -0.2) is 48.8 Å². The second-order valence-corrected chi connectivity index (χ2v) is 8.43. The van der Waals surface area contributed by atoms with E-state index in [1.807, 2.05) is 0 Å². The van der Waals surface area contributed by atoms with Gasteiger partial charge in [-0.05, 0) is 56.3 Å². The number of aliphatic hydroxyl groups is 1. The summed E-state index contributed by atoms with van der Waals surface area (Å²) >= 11 is 0. The first-order valence-corrected chi connectivity index (χ1v) is 10.2. The van der Waals surface area contributed by atoms with Gasteiger partial charge in [-0.2, -0.15) is 0 Å². The van der Waals surface area contributed by atoms with Crippen LogP contribution in [-0.2, 0) is 0 Å². The maximum Gasteiger partial charge on any atom is 0.193 e. The highest BCUT2D eigenvalue weighted by atomic mass is 16.3. The Bertz CT molecular complexity index is 388. The first-order valence-electron chi connectivity index (χ1n) is 10.2. The van der Waals surface area contributed by atoms with Crippen molar-refractivity contribution < 1.29 is 5.11 Å². The van der Waals surface area contributed by atoms with Crippen molar-refractivity contribution >= 4 is 5.96 Å². The van der Waals surface area contributed by atoms with Gasteiger partial charge < -0.3 is 15.3 Å². The molecule has 1 unspecified atom stereocenters. The highest BCUT2D eigenvalue weighted by molar-refractivity contribution is 5.80. The van der Waals surface area contributed by atoms with E-state index in [1.165, 1.54) is 45.1 Å². The van der Waals surface area contributed by atoms with Gasteiger partial charge in [0.25, 0.3) is 0 Å². The van der Waals surface area contributed by atoms with E-state index in [2.05, 4.69) is 31.0 Å². The number of likely N-dealkylation sites (tertiary alicyclic amines) is 1. The maximum atomic E-state index is 9.32. The second-order valence-electron chi connectivity index (χ2n) is 8.43. The van der Waals surface area contributed by atoms with Crippen LogP contribution in [0, 0.1) is 17.3 Å². The fourth-order valence-corrected chi connectivity index (χ4v) is 4.60. The summed E-state index contributed by atoms with van der Waals surface area (Å²) in [5.41, 5.74) is 0.566. The molecule has 1 spiro atoms. The molecule has 4 heteroatoms. The smallest absolute Gasteiger partial charge is 0.193 e. The lowest BCUT2D eigenvalue weighted by atomic mass is 9.73. The van der Waals surface area contributed by atoms with E-state index in [-0.39, 0.29) is 6.61 Å². The number of nitrogens with zero attached hydrogens (tertiary/aromatic N) is 2. The van der Waals surface area contributed by atoms with Crippen LogP contribution in [0.1, 0.15) is 72.1 Å². The third-order valence-corrected chi connectivity index (χ3v) is 5.83. The molecule has 1 saturated heterocycles. The van der Waals surface area contributed by atoms with E-state index < -0.39 is 0 Å². The molecule has 1 heterocycles. The Kier molecular flexibility index (Phi) is 7.86. The minimum atomic E-state index is 0.274. The molecule has 1 saturated carbocycles. The topological polar surface area (TPSA) is 47.9 Å². The van der Waals surface area contributed by atoms with Crippen molar-refractivity contribution in [2.75, 3.05) is 32.8 Å². The van der Waals surface area contributed by atoms with Gasteiger partial charge in [0, 0.05) is 32.8 Å². The summed E-state index contributed by atoms with van der Waals surface area (Å²) in [4.78, 5) is 7.47. The van der Waals surface area contributed by atoms with Gasteiger partial charge in [-0.3, -0.25) is 4.99 Å². The standard InChI is InChI=1S/C20H39N3O/c1-4-21-19(22-15-18(8-13-24)14-17(2)3)23-12-11-20(16-23)9-6-5-7-10-20/h17-18,24H,4-16H2,1-3H3,(H,21,22). The predicted molar refractivity (Wildman–Crippen MR) is 102 cm³/mol. The summed E-state index contributed by atoms with van der Waals surface area (Å²) in [5, 5.41) is 12.8. The Labute approximate surface area is 149 Å². The Morgan fingerprint density at radius 3 is 2.58 bits per heavy atom. The Morgan fingerprint density at radius 1 is 1.21 bits per heavy atom. The first-order chi connectivity index (χ1) is 11.6. The quantitative estimate of drug-likeness (QED) is 0.551. The molecular weight excluding hydrogens is 298 g/mol. The summed E-state index contributed by atoms with van der Waals surface area (Å²) in [7, 11) is 0. The molecule has 140 valence electrons. The van der Waals surface area contributed by atoms with Crippen molar-refractivity contribution in [1.29, 1.82) is 0 Å². The fourth-order valence-electron chi connectivity index (χ4n) is 4.60. The molecule has 0 radical (unpaired) electrons. The van der Waals surface area contributed by atoms with Crippen LogP contribution in [0.3, 0.4) is 0 Å². The Hall–Kier alpha value is -0.770. The highest BCUT2D eigenvalue weighted by Gasteiger charge is 2.39.